The molecule has 104 valence electrons. The van der Waals surface area contributed by atoms with Gasteiger partial charge in [-0.15, -0.1) is 0 Å². The van der Waals surface area contributed by atoms with Crippen LogP contribution in [0.3, 0.4) is 0 Å². The van der Waals surface area contributed by atoms with Gasteiger partial charge in [-0.1, -0.05) is 6.07 Å². The number of anilines is 1. The summed E-state index contributed by atoms with van der Waals surface area (Å²) in [6.45, 7) is 1.08. The van der Waals surface area contributed by atoms with E-state index < -0.39 is 23.3 Å². The van der Waals surface area contributed by atoms with Crippen molar-refractivity contribution in [2.45, 2.75) is 6.18 Å². The van der Waals surface area contributed by atoms with Crippen LogP contribution in [-0.4, -0.2) is 35.4 Å². The summed E-state index contributed by atoms with van der Waals surface area (Å²) in [5, 5.41) is 0. The van der Waals surface area contributed by atoms with Crippen molar-refractivity contribution in [3.05, 3.63) is 29.3 Å². The number of nitrogen functional groups attached to an aromatic ring is 1. The van der Waals surface area contributed by atoms with Crippen LogP contribution in [0.25, 0.3) is 0 Å². The number of carbonyl (C=O) groups is 1. The summed E-state index contributed by atoms with van der Waals surface area (Å²) in [5.41, 5.74) is 3.99. The molecule has 3 nitrogen and oxygen atoms in total. The Labute approximate surface area is 112 Å². The van der Waals surface area contributed by atoms with Gasteiger partial charge in [-0.25, -0.2) is 0 Å². The topological polar surface area (TPSA) is 46.3 Å². The van der Waals surface area contributed by atoms with E-state index in [0.717, 1.165) is 17.6 Å². The number of nitrogens with zero attached hydrogens (tertiary/aromatic N) is 1. The third-order valence-electron chi connectivity index (χ3n) is 2.94. The molecule has 1 saturated heterocycles. The Bertz CT molecular complexity index is 484. The lowest BCUT2D eigenvalue weighted by Crippen LogP contribution is -2.38. The highest BCUT2D eigenvalue weighted by Gasteiger charge is 2.35. The Morgan fingerprint density at radius 2 is 1.89 bits per heavy atom. The maximum Gasteiger partial charge on any atom is 0.418 e. The number of rotatable bonds is 1. The molecule has 2 rings (SSSR count). The van der Waals surface area contributed by atoms with Gasteiger partial charge in [-0.05, 0) is 12.1 Å². The monoisotopic (exact) mass is 290 g/mol. The van der Waals surface area contributed by atoms with E-state index >= 15 is 0 Å². The van der Waals surface area contributed by atoms with Crippen molar-refractivity contribution in [3.63, 3.8) is 0 Å². The Balaban J connectivity index is 2.32. The van der Waals surface area contributed by atoms with E-state index in [2.05, 4.69) is 0 Å². The Morgan fingerprint density at radius 1 is 1.26 bits per heavy atom. The van der Waals surface area contributed by atoms with E-state index in [0.29, 0.717) is 13.1 Å². The number of thioether (sulfide) groups is 1. The number of halogens is 3. The molecule has 1 aromatic carbocycles. The second-order valence-electron chi connectivity index (χ2n) is 4.17. The lowest BCUT2D eigenvalue weighted by molar-refractivity contribution is -0.136. The maximum atomic E-state index is 12.7. The lowest BCUT2D eigenvalue weighted by atomic mass is 10.1. The van der Waals surface area contributed by atoms with Gasteiger partial charge in [0.1, 0.15) is 0 Å². The van der Waals surface area contributed by atoms with Crippen molar-refractivity contribution < 1.29 is 18.0 Å². The molecule has 1 heterocycles. The van der Waals surface area contributed by atoms with Gasteiger partial charge in [0.25, 0.3) is 5.91 Å². The number of hydrogen-bond donors (Lipinski definition) is 1. The SMILES string of the molecule is Nc1c(C(=O)N2CCSCC2)cccc1C(F)(F)F. The number of hydrogen-bond acceptors (Lipinski definition) is 3. The summed E-state index contributed by atoms with van der Waals surface area (Å²) in [7, 11) is 0. The number of alkyl halides is 3. The van der Waals surface area contributed by atoms with Crippen LogP contribution in [0.2, 0.25) is 0 Å². The highest BCUT2D eigenvalue weighted by molar-refractivity contribution is 7.99. The number of benzene rings is 1. The zero-order chi connectivity index (χ0) is 14.0. The third kappa shape index (κ3) is 2.97. The van der Waals surface area contributed by atoms with E-state index in [4.69, 9.17) is 5.73 Å². The predicted molar refractivity (Wildman–Crippen MR) is 69.1 cm³/mol. The molecule has 0 radical (unpaired) electrons. The fourth-order valence-corrected chi connectivity index (χ4v) is 2.84. The minimum absolute atomic E-state index is 0.0678. The van der Waals surface area contributed by atoms with Crippen LogP contribution < -0.4 is 5.73 Å². The zero-order valence-electron chi connectivity index (χ0n) is 10.0. The van der Waals surface area contributed by atoms with E-state index in [1.54, 1.807) is 16.7 Å². The van der Waals surface area contributed by atoms with Crippen LogP contribution in [0.5, 0.6) is 0 Å². The minimum atomic E-state index is -4.54. The quantitative estimate of drug-likeness (QED) is 0.808. The normalized spacial score (nSPS) is 16.5. The van der Waals surface area contributed by atoms with Gasteiger partial charge in [0.15, 0.2) is 0 Å². The summed E-state index contributed by atoms with van der Waals surface area (Å²) in [4.78, 5) is 13.7. The van der Waals surface area contributed by atoms with Crippen LogP contribution in [0, 0.1) is 0 Å². The van der Waals surface area contributed by atoms with Crippen molar-refractivity contribution in [1.82, 2.24) is 4.90 Å². The van der Waals surface area contributed by atoms with Gasteiger partial charge in [0.2, 0.25) is 0 Å². The fourth-order valence-electron chi connectivity index (χ4n) is 1.94. The average Bonchev–Trinajstić information content (AvgIpc) is 2.38. The standard InChI is InChI=1S/C12H13F3N2OS/c13-12(14,15)9-3-1-2-8(10(9)16)11(18)17-4-6-19-7-5-17/h1-3H,4-7,16H2. The van der Waals surface area contributed by atoms with Crippen molar-refractivity contribution >= 4 is 23.4 Å². The molecule has 1 aliphatic heterocycles. The Kier molecular flexibility index (Phi) is 3.93. The zero-order valence-corrected chi connectivity index (χ0v) is 10.9. The lowest BCUT2D eigenvalue weighted by Gasteiger charge is -2.27. The molecule has 0 bridgehead atoms. The molecule has 1 amide bonds. The fraction of sp³-hybridized carbons (Fsp3) is 0.417. The Morgan fingerprint density at radius 3 is 2.47 bits per heavy atom. The molecule has 19 heavy (non-hydrogen) atoms. The first kappa shape index (κ1) is 14.0. The highest BCUT2D eigenvalue weighted by Crippen LogP contribution is 2.35. The van der Waals surface area contributed by atoms with E-state index in [-0.39, 0.29) is 5.56 Å². The molecule has 2 N–H and O–H groups in total. The molecule has 0 aliphatic carbocycles. The molecular formula is C12H13F3N2OS. The third-order valence-corrected chi connectivity index (χ3v) is 3.88. The van der Waals surface area contributed by atoms with Crippen LogP contribution in [-0.2, 0) is 6.18 Å². The predicted octanol–water partition coefficient (Wildman–Crippen LogP) is 2.48. The van der Waals surface area contributed by atoms with Gasteiger partial charge < -0.3 is 10.6 Å². The molecule has 1 aliphatic rings. The maximum absolute atomic E-state index is 12.7. The van der Waals surface area contributed by atoms with Gasteiger partial charge in [-0.2, -0.15) is 24.9 Å². The molecule has 7 heteroatoms. The van der Waals surface area contributed by atoms with Gasteiger partial charge in [0, 0.05) is 24.6 Å². The summed E-state index contributed by atoms with van der Waals surface area (Å²) in [5.74, 6) is 1.17. The number of amides is 1. The van der Waals surface area contributed by atoms with E-state index in [9.17, 15) is 18.0 Å². The van der Waals surface area contributed by atoms with Crippen LogP contribution in [0.15, 0.2) is 18.2 Å². The summed E-state index contributed by atoms with van der Waals surface area (Å²) in [6.07, 6.45) is -4.54. The first-order valence-corrected chi connectivity index (χ1v) is 6.89. The first-order valence-electron chi connectivity index (χ1n) is 5.74. The van der Waals surface area contributed by atoms with Gasteiger partial charge in [0.05, 0.1) is 16.8 Å². The van der Waals surface area contributed by atoms with Crippen LogP contribution >= 0.6 is 11.8 Å². The molecular weight excluding hydrogens is 277 g/mol. The summed E-state index contributed by atoms with van der Waals surface area (Å²) >= 11 is 1.72. The summed E-state index contributed by atoms with van der Waals surface area (Å²) < 4.78 is 38.2. The molecule has 0 unspecified atom stereocenters. The summed E-state index contributed by atoms with van der Waals surface area (Å²) in [6, 6.07) is 3.44. The Hall–Kier alpha value is -1.37. The minimum Gasteiger partial charge on any atom is -0.398 e. The smallest absolute Gasteiger partial charge is 0.398 e. The van der Waals surface area contributed by atoms with E-state index in [1.165, 1.54) is 12.1 Å². The first-order chi connectivity index (χ1) is 8.91. The second kappa shape index (κ2) is 5.32. The van der Waals surface area contributed by atoms with Gasteiger partial charge >= 0.3 is 6.18 Å². The molecule has 0 spiro atoms. The number of nitrogens with two attached hydrogens (primary N) is 1. The molecule has 0 atom stereocenters. The van der Waals surface area contributed by atoms with Crippen molar-refractivity contribution in [2.24, 2.45) is 0 Å². The molecule has 1 aromatic rings. The molecule has 0 aromatic heterocycles. The average molecular weight is 290 g/mol. The van der Waals surface area contributed by atoms with Crippen molar-refractivity contribution in [1.29, 1.82) is 0 Å². The number of para-hydroxylation sites is 1. The number of carbonyl (C=O) groups excluding carboxylic acids is 1. The van der Waals surface area contributed by atoms with E-state index in [1.807, 2.05) is 0 Å². The molecule has 0 saturated carbocycles. The van der Waals surface area contributed by atoms with Crippen molar-refractivity contribution in [2.75, 3.05) is 30.3 Å². The largest absolute Gasteiger partial charge is 0.418 e. The van der Waals surface area contributed by atoms with Crippen molar-refractivity contribution in [3.8, 4) is 0 Å². The van der Waals surface area contributed by atoms with Gasteiger partial charge in [-0.3, -0.25) is 4.79 Å². The molecule has 1 fully saturated rings. The highest BCUT2D eigenvalue weighted by atomic mass is 32.2. The van der Waals surface area contributed by atoms with Crippen LogP contribution in [0.4, 0.5) is 18.9 Å². The van der Waals surface area contributed by atoms with Crippen LogP contribution in [0.1, 0.15) is 15.9 Å². The second-order valence-corrected chi connectivity index (χ2v) is 5.39.